The minimum absolute atomic E-state index is 0.0997. The summed E-state index contributed by atoms with van der Waals surface area (Å²) in [4.78, 5) is 12.2. The maximum atomic E-state index is 12.2. The summed E-state index contributed by atoms with van der Waals surface area (Å²) in [5, 5.41) is 3.23. The number of amides is 1. The Labute approximate surface area is 134 Å². The van der Waals surface area contributed by atoms with Gasteiger partial charge in [0.25, 0.3) is 0 Å². The second-order valence-electron chi connectivity index (χ2n) is 6.81. The van der Waals surface area contributed by atoms with E-state index in [2.05, 4.69) is 5.32 Å². The van der Waals surface area contributed by atoms with Gasteiger partial charge in [0.1, 0.15) is 0 Å². The van der Waals surface area contributed by atoms with Gasteiger partial charge in [-0.1, -0.05) is 6.07 Å². The summed E-state index contributed by atoms with van der Waals surface area (Å²) in [7, 11) is 0. The predicted molar refractivity (Wildman–Crippen MR) is 79.0 cm³/mol. The van der Waals surface area contributed by atoms with Crippen LogP contribution in [0.1, 0.15) is 31.2 Å². The zero-order valence-corrected chi connectivity index (χ0v) is 12.8. The number of ether oxygens (including phenoxy) is 4. The highest BCUT2D eigenvalue weighted by atomic mass is 16.7. The van der Waals surface area contributed by atoms with Crippen molar-refractivity contribution in [1.82, 2.24) is 5.32 Å². The van der Waals surface area contributed by atoms with Crippen LogP contribution < -0.4 is 14.8 Å². The fourth-order valence-electron chi connectivity index (χ4n) is 4.57. The molecule has 3 heterocycles. The Hall–Kier alpha value is -1.79. The molecule has 1 aromatic rings. The van der Waals surface area contributed by atoms with Gasteiger partial charge in [0, 0.05) is 19.3 Å². The third-order valence-corrected chi connectivity index (χ3v) is 5.61. The summed E-state index contributed by atoms with van der Waals surface area (Å²) in [6.45, 7) is 1.49. The minimum atomic E-state index is -0.565. The van der Waals surface area contributed by atoms with Gasteiger partial charge in [-0.2, -0.15) is 0 Å². The van der Waals surface area contributed by atoms with Crippen molar-refractivity contribution < 1.29 is 23.7 Å². The van der Waals surface area contributed by atoms with E-state index in [1.54, 1.807) is 0 Å². The smallest absolute Gasteiger partial charge is 0.231 e. The first-order valence-corrected chi connectivity index (χ1v) is 8.18. The fourth-order valence-corrected chi connectivity index (χ4v) is 4.57. The zero-order valence-electron chi connectivity index (χ0n) is 12.8. The van der Waals surface area contributed by atoms with Crippen molar-refractivity contribution in [2.75, 3.05) is 20.0 Å². The lowest BCUT2D eigenvalue weighted by Crippen LogP contribution is -2.53. The first kappa shape index (κ1) is 13.6. The van der Waals surface area contributed by atoms with Crippen molar-refractivity contribution in [3.05, 3.63) is 23.8 Å². The maximum Gasteiger partial charge on any atom is 0.231 e. The molecule has 6 heteroatoms. The van der Waals surface area contributed by atoms with E-state index >= 15 is 0 Å². The fraction of sp³-hybridized carbons (Fsp3) is 0.588. The average Bonchev–Trinajstić information content (AvgIpc) is 3.25. The zero-order chi connectivity index (χ0) is 15.5. The average molecular weight is 317 g/mol. The second kappa shape index (κ2) is 4.61. The van der Waals surface area contributed by atoms with Crippen LogP contribution in [0.15, 0.2) is 18.2 Å². The SMILES string of the molecule is O=C1C[C@@H]2CCC3(C[C@]2(c2ccc4c(c2)OCO4)N1)OCCO3. The number of fused-ring (bicyclic) bond motifs is 2. The maximum absolute atomic E-state index is 12.2. The van der Waals surface area contributed by atoms with E-state index in [4.69, 9.17) is 18.9 Å². The van der Waals surface area contributed by atoms with Crippen LogP contribution in [-0.4, -0.2) is 31.7 Å². The summed E-state index contributed by atoms with van der Waals surface area (Å²) in [6, 6.07) is 5.95. The molecule has 2 atom stereocenters. The van der Waals surface area contributed by atoms with E-state index in [1.807, 2.05) is 18.2 Å². The quantitative estimate of drug-likeness (QED) is 0.853. The Balaban J connectivity index is 1.59. The molecule has 1 aliphatic carbocycles. The van der Waals surface area contributed by atoms with E-state index in [9.17, 15) is 4.79 Å². The molecule has 1 amide bonds. The van der Waals surface area contributed by atoms with Crippen LogP contribution >= 0.6 is 0 Å². The predicted octanol–water partition coefficient (Wildman–Crippen LogP) is 1.67. The molecule has 4 aliphatic rings. The molecule has 0 unspecified atom stereocenters. The largest absolute Gasteiger partial charge is 0.454 e. The van der Waals surface area contributed by atoms with Crippen molar-refractivity contribution in [3.8, 4) is 11.5 Å². The van der Waals surface area contributed by atoms with Crippen LogP contribution in [-0.2, 0) is 19.8 Å². The Kier molecular flexibility index (Phi) is 2.73. The van der Waals surface area contributed by atoms with E-state index in [0.717, 1.165) is 29.9 Å². The van der Waals surface area contributed by atoms with Crippen molar-refractivity contribution in [2.24, 2.45) is 5.92 Å². The van der Waals surface area contributed by atoms with Crippen LogP contribution in [0.4, 0.5) is 0 Å². The number of nitrogens with one attached hydrogen (secondary N) is 1. The van der Waals surface area contributed by atoms with Crippen LogP contribution in [0.25, 0.3) is 0 Å². The highest BCUT2D eigenvalue weighted by molar-refractivity contribution is 5.80. The molecule has 0 radical (unpaired) electrons. The Bertz CT molecular complexity index is 669. The molecule has 6 nitrogen and oxygen atoms in total. The lowest BCUT2D eigenvalue weighted by atomic mass is 9.67. The van der Waals surface area contributed by atoms with Crippen molar-refractivity contribution in [1.29, 1.82) is 0 Å². The molecule has 1 aromatic carbocycles. The highest BCUT2D eigenvalue weighted by Crippen LogP contribution is 2.53. The van der Waals surface area contributed by atoms with Gasteiger partial charge in [0.15, 0.2) is 17.3 Å². The normalized spacial score (nSPS) is 33.7. The molecule has 3 aliphatic heterocycles. The van der Waals surface area contributed by atoms with Crippen LogP contribution in [0.5, 0.6) is 11.5 Å². The van der Waals surface area contributed by atoms with E-state index < -0.39 is 11.3 Å². The summed E-state index contributed by atoms with van der Waals surface area (Å²) in [5.74, 6) is 1.29. The number of hydrogen-bond donors (Lipinski definition) is 1. The first-order valence-electron chi connectivity index (χ1n) is 8.18. The van der Waals surface area contributed by atoms with Gasteiger partial charge < -0.3 is 24.3 Å². The molecular formula is C17H19NO5. The monoisotopic (exact) mass is 317 g/mol. The van der Waals surface area contributed by atoms with Gasteiger partial charge in [-0.15, -0.1) is 0 Å². The molecule has 0 aromatic heterocycles. The van der Waals surface area contributed by atoms with Gasteiger partial charge in [0.2, 0.25) is 12.7 Å². The molecule has 122 valence electrons. The standard InChI is InChI=1S/C17H19NO5/c19-15-8-12-3-4-16(22-5-6-23-16)9-17(12,18-15)11-1-2-13-14(7-11)21-10-20-13/h1-2,7,12H,3-6,8-10H2,(H,18,19)/t12-,17+/m0/s1. The summed E-state index contributed by atoms with van der Waals surface area (Å²) >= 11 is 0. The summed E-state index contributed by atoms with van der Waals surface area (Å²) in [5.41, 5.74) is 0.608. The van der Waals surface area contributed by atoms with E-state index in [-0.39, 0.29) is 18.6 Å². The highest BCUT2D eigenvalue weighted by Gasteiger charge is 2.58. The lowest BCUT2D eigenvalue weighted by molar-refractivity contribution is -0.200. The van der Waals surface area contributed by atoms with Crippen LogP contribution in [0, 0.1) is 5.92 Å². The number of carbonyl (C=O) groups excluding carboxylic acids is 1. The second-order valence-corrected chi connectivity index (χ2v) is 6.81. The number of hydrogen-bond acceptors (Lipinski definition) is 5. The third-order valence-electron chi connectivity index (χ3n) is 5.61. The molecule has 1 spiro atoms. The lowest BCUT2D eigenvalue weighted by Gasteiger charge is -2.46. The van der Waals surface area contributed by atoms with Crippen LogP contribution in [0.2, 0.25) is 0 Å². The first-order chi connectivity index (χ1) is 11.2. The molecule has 3 fully saturated rings. The molecule has 1 saturated carbocycles. The number of carbonyl (C=O) groups is 1. The topological polar surface area (TPSA) is 66.0 Å². The molecule has 1 N–H and O–H groups in total. The van der Waals surface area contributed by atoms with Crippen LogP contribution in [0.3, 0.4) is 0 Å². The van der Waals surface area contributed by atoms with Gasteiger partial charge >= 0.3 is 0 Å². The minimum Gasteiger partial charge on any atom is -0.454 e. The molecule has 2 saturated heterocycles. The molecule has 0 bridgehead atoms. The van der Waals surface area contributed by atoms with Gasteiger partial charge in [0.05, 0.1) is 18.8 Å². The number of rotatable bonds is 1. The molecule has 23 heavy (non-hydrogen) atoms. The van der Waals surface area contributed by atoms with Crippen molar-refractivity contribution >= 4 is 5.91 Å². The Morgan fingerprint density at radius 1 is 1.13 bits per heavy atom. The molecule has 5 rings (SSSR count). The van der Waals surface area contributed by atoms with E-state index in [0.29, 0.717) is 26.1 Å². The third kappa shape index (κ3) is 1.91. The van der Waals surface area contributed by atoms with Crippen molar-refractivity contribution in [3.63, 3.8) is 0 Å². The Morgan fingerprint density at radius 3 is 2.83 bits per heavy atom. The summed E-state index contributed by atoms with van der Waals surface area (Å²) < 4.78 is 22.8. The van der Waals surface area contributed by atoms with Crippen molar-refractivity contribution in [2.45, 2.75) is 37.0 Å². The van der Waals surface area contributed by atoms with Gasteiger partial charge in [-0.25, -0.2) is 0 Å². The van der Waals surface area contributed by atoms with Gasteiger partial charge in [-0.3, -0.25) is 4.79 Å². The van der Waals surface area contributed by atoms with Gasteiger partial charge in [-0.05, 0) is 30.0 Å². The summed E-state index contributed by atoms with van der Waals surface area (Å²) in [6.07, 6.45) is 2.96. The van der Waals surface area contributed by atoms with E-state index in [1.165, 1.54) is 0 Å². The Morgan fingerprint density at radius 2 is 1.96 bits per heavy atom. The molecular weight excluding hydrogens is 298 g/mol. The number of benzene rings is 1.